The summed E-state index contributed by atoms with van der Waals surface area (Å²) in [5.41, 5.74) is 8.24. The van der Waals surface area contributed by atoms with Crippen molar-refractivity contribution in [3.63, 3.8) is 0 Å². The molecule has 0 atom stereocenters. The van der Waals surface area contributed by atoms with Crippen LogP contribution in [-0.2, 0) is 5.41 Å². The molecule has 0 spiro atoms. The second-order valence-corrected chi connectivity index (χ2v) is 6.18. The molecular formula is C16H23NO. The lowest BCUT2D eigenvalue weighted by atomic mass is 9.52. The van der Waals surface area contributed by atoms with Crippen molar-refractivity contribution in [1.82, 2.24) is 0 Å². The van der Waals surface area contributed by atoms with E-state index in [1.165, 1.54) is 44.1 Å². The molecule has 18 heavy (non-hydrogen) atoms. The van der Waals surface area contributed by atoms with E-state index in [1.54, 1.807) is 7.11 Å². The minimum absolute atomic E-state index is 0.365. The van der Waals surface area contributed by atoms with Gasteiger partial charge in [-0.3, -0.25) is 0 Å². The van der Waals surface area contributed by atoms with Crippen LogP contribution in [0.25, 0.3) is 0 Å². The number of ether oxygens (including phenoxy) is 1. The third-order valence-corrected chi connectivity index (χ3v) is 5.51. The van der Waals surface area contributed by atoms with Crippen LogP contribution < -0.4 is 10.5 Å². The summed E-state index contributed by atoms with van der Waals surface area (Å²) in [7, 11) is 1.78. The Labute approximate surface area is 110 Å². The molecule has 2 N–H and O–H groups in total. The Morgan fingerprint density at radius 3 is 2.22 bits per heavy atom. The fraction of sp³-hybridized carbons (Fsp3) is 0.625. The molecule has 2 heteroatoms. The van der Waals surface area contributed by atoms with Gasteiger partial charge in [0.2, 0.25) is 0 Å². The zero-order valence-corrected chi connectivity index (χ0v) is 11.2. The van der Waals surface area contributed by atoms with E-state index in [0.29, 0.717) is 10.8 Å². The van der Waals surface area contributed by atoms with E-state index in [4.69, 9.17) is 10.5 Å². The van der Waals surface area contributed by atoms with Crippen molar-refractivity contribution in [2.75, 3.05) is 13.7 Å². The van der Waals surface area contributed by atoms with Gasteiger partial charge in [-0.15, -0.1) is 0 Å². The molecule has 3 fully saturated rings. The van der Waals surface area contributed by atoms with Crippen molar-refractivity contribution in [2.45, 2.75) is 43.9 Å². The number of nitrogens with two attached hydrogens (primary N) is 1. The number of benzene rings is 1. The Morgan fingerprint density at radius 2 is 1.67 bits per heavy atom. The SMILES string of the molecule is COc1ccccc1C12CCC(CN)(CC1)CC2. The van der Waals surface area contributed by atoms with E-state index >= 15 is 0 Å². The molecule has 0 heterocycles. The monoisotopic (exact) mass is 245 g/mol. The number of hydrogen-bond acceptors (Lipinski definition) is 2. The maximum atomic E-state index is 5.99. The molecule has 1 aromatic rings. The van der Waals surface area contributed by atoms with Crippen molar-refractivity contribution < 1.29 is 4.74 Å². The van der Waals surface area contributed by atoms with Crippen molar-refractivity contribution in [1.29, 1.82) is 0 Å². The second-order valence-electron chi connectivity index (χ2n) is 6.18. The molecule has 4 rings (SSSR count). The van der Waals surface area contributed by atoms with Gasteiger partial charge in [-0.25, -0.2) is 0 Å². The van der Waals surface area contributed by atoms with Crippen LogP contribution in [0.1, 0.15) is 44.1 Å². The summed E-state index contributed by atoms with van der Waals surface area (Å²) < 4.78 is 5.57. The summed E-state index contributed by atoms with van der Waals surface area (Å²) in [5.74, 6) is 1.07. The minimum Gasteiger partial charge on any atom is -0.496 e. The minimum atomic E-state index is 0.365. The van der Waals surface area contributed by atoms with E-state index < -0.39 is 0 Å². The largest absolute Gasteiger partial charge is 0.496 e. The van der Waals surface area contributed by atoms with E-state index in [9.17, 15) is 0 Å². The molecule has 0 radical (unpaired) electrons. The molecule has 0 unspecified atom stereocenters. The number of fused-ring (bicyclic) bond motifs is 3. The highest BCUT2D eigenvalue weighted by molar-refractivity contribution is 5.41. The second kappa shape index (κ2) is 4.27. The van der Waals surface area contributed by atoms with E-state index in [0.717, 1.165) is 12.3 Å². The van der Waals surface area contributed by atoms with Gasteiger partial charge in [0.1, 0.15) is 5.75 Å². The van der Waals surface area contributed by atoms with Crippen LogP contribution in [0.4, 0.5) is 0 Å². The first-order valence-electron chi connectivity index (χ1n) is 7.07. The average Bonchev–Trinajstić information content (AvgIpc) is 2.49. The number of para-hydroxylation sites is 1. The van der Waals surface area contributed by atoms with Crippen molar-refractivity contribution in [3.05, 3.63) is 29.8 Å². The predicted octanol–water partition coefficient (Wildman–Crippen LogP) is 3.25. The van der Waals surface area contributed by atoms with Crippen LogP contribution in [-0.4, -0.2) is 13.7 Å². The lowest BCUT2D eigenvalue weighted by molar-refractivity contribution is 0.0459. The molecule has 0 aromatic heterocycles. The zero-order chi connectivity index (χ0) is 12.6. The molecule has 0 saturated heterocycles. The first kappa shape index (κ1) is 12.0. The Bertz CT molecular complexity index is 416. The first-order chi connectivity index (χ1) is 8.74. The lowest BCUT2D eigenvalue weighted by Gasteiger charge is -2.53. The normalized spacial score (nSPS) is 34.6. The van der Waals surface area contributed by atoms with Gasteiger partial charge in [0, 0.05) is 5.56 Å². The van der Waals surface area contributed by atoms with Gasteiger partial charge in [-0.05, 0) is 62.0 Å². The molecule has 2 bridgehead atoms. The van der Waals surface area contributed by atoms with Gasteiger partial charge in [0.25, 0.3) is 0 Å². The van der Waals surface area contributed by atoms with Crippen LogP contribution >= 0.6 is 0 Å². The summed E-state index contributed by atoms with van der Waals surface area (Å²) >= 11 is 0. The van der Waals surface area contributed by atoms with Crippen molar-refractivity contribution in [3.8, 4) is 5.75 Å². The van der Waals surface area contributed by atoms with Crippen molar-refractivity contribution in [2.24, 2.45) is 11.1 Å². The van der Waals surface area contributed by atoms with Gasteiger partial charge < -0.3 is 10.5 Å². The highest BCUT2D eigenvalue weighted by Gasteiger charge is 2.49. The van der Waals surface area contributed by atoms with Crippen LogP contribution in [0.15, 0.2) is 24.3 Å². The zero-order valence-electron chi connectivity index (χ0n) is 11.2. The Balaban J connectivity index is 1.94. The standard InChI is InChI=1S/C16H23NO/c1-18-14-5-3-2-4-13(14)16-9-6-15(12-17,7-10-16)8-11-16/h2-5H,6-12,17H2,1H3. The van der Waals surface area contributed by atoms with Crippen LogP contribution in [0.3, 0.4) is 0 Å². The summed E-state index contributed by atoms with van der Waals surface area (Å²) in [6.07, 6.45) is 7.73. The van der Waals surface area contributed by atoms with Gasteiger partial charge >= 0.3 is 0 Å². The van der Waals surface area contributed by atoms with Gasteiger partial charge in [0.15, 0.2) is 0 Å². The lowest BCUT2D eigenvalue weighted by Crippen LogP contribution is -2.47. The Kier molecular flexibility index (Phi) is 2.86. The average molecular weight is 245 g/mol. The third kappa shape index (κ3) is 1.66. The van der Waals surface area contributed by atoms with Crippen LogP contribution in [0.5, 0.6) is 5.75 Å². The number of methoxy groups -OCH3 is 1. The fourth-order valence-electron chi connectivity index (χ4n) is 4.06. The molecule has 3 saturated carbocycles. The van der Waals surface area contributed by atoms with Crippen molar-refractivity contribution >= 4 is 0 Å². The quantitative estimate of drug-likeness (QED) is 0.887. The molecular weight excluding hydrogens is 222 g/mol. The van der Waals surface area contributed by atoms with E-state index in [1.807, 2.05) is 0 Å². The molecule has 0 aliphatic heterocycles. The molecule has 1 aromatic carbocycles. The molecule has 3 aliphatic rings. The van der Waals surface area contributed by atoms with E-state index in [-0.39, 0.29) is 0 Å². The smallest absolute Gasteiger partial charge is 0.122 e. The van der Waals surface area contributed by atoms with Crippen LogP contribution in [0.2, 0.25) is 0 Å². The summed E-state index contributed by atoms with van der Waals surface area (Å²) in [6, 6.07) is 8.57. The van der Waals surface area contributed by atoms with Crippen LogP contribution in [0, 0.1) is 5.41 Å². The topological polar surface area (TPSA) is 35.2 Å². The predicted molar refractivity (Wildman–Crippen MR) is 73.9 cm³/mol. The van der Waals surface area contributed by atoms with Gasteiger partial charge in [0.05, 0.1) is 7.11 Å². The molecule has 98 valence electrons. The van der Waals surface area contributed by atoms with Gasteiger partial charge in [-0.1, -0.05) is 18.2 Å². The third-order valence-electron chi connectivity index (χ3n) is 5.51. The Morgan fingerprint density at radius 1 is 1.06 bits per heavy atom. The summed E-state index contributed by atoms with van der Waals surface area (Å²) in [5, 5.41) is 0. The number of rotatable bonds is 3. The summed E-state index contributed by atoms with van der Waals surface area (Å²) in [6.45, 7) is 0.870. The maximum absolute atomic E-state index is 5.99. The molecule has 2 nitrogen and oxygen atoms in total. The Hall–Kier alpha value is -1.02. The fourth-order valence-corrected chi connectivity index (χ4v) is 4.06. The highest BCUT2D eigenvalue weighted by atomic mass is 16.5. The van der Waals surface area contributed by atoms with E-state index in [2.05, 4.69) is 24.3 Å². The molecule has 0 amide bonds. The first-order valence-corrected chi connectivity index (χ1v) is 7.07. The maximum Gasteiger partial charge on any atom is 0.122 e. The molecule has 3 aliphatic carbocycles. The summed E-state index contributed by atoms with van der Waals surface area (Å²) in [4.78, 5) is 0. The number of hydrogen-bond donors (Lipinski definition) is 1. The van der Waals surface area contributed by atoms with Gasteiger partial charge in [-0.2, -0.15) is 0 Å². The highest BCUT2D eigenvalue weighted by Crippen LogP contribution is 2.58.